The molecule has 72 valence electrons. The second-order valence-electron chi connectivity index (χ2n) is 4.43. The van der Waals surface area contributed by atoms with E-state index in [1.807, 2.05) is 0 Å². The molecule has 0 spiro atoms. The summed E-state index contributed by atoms with van der Waals surface area (Å²) in [7, 11) is 0. The molecule has 0 aromatic carbocycles. The van der Waals surface area contributed by atoms with Gasteiger partial charge in [0.2, 0.25) is 0 Å². The van der Waals surface area contributed by atoms with Gasteiger partial charge in [0.25, 0.3) is 0 Å². The number of rotatable bonds is 2. The van der Waals surface area contributed by atoms with Gasteiger partial charge in [-0.15, -0.1) is 11.6 Å². The third-order valence-electron chi connectivity index (χ3n) is 2.76. The summed E-state index contributed by atoms with van der Waals surface area (Å²) in [5.41, 5.74) is 0. The second kappa shape index (κ2) is 3.97. The molecule has 0 radical (unpaired) electrons. The van der Waals surface area contributed by atoms with Crippen LogP contribution in [0.3, 0.4) is 0 Å². The molecule has 0 bridgehead atoms. The maximum atomic E-state index is 6.15. The van der Waals surface area contributed by atoms with E-state index in [9.17, 15) is 0 Å². The molecule has 1 rings (SSSR count). The summed E-state index contributed by atoms with van der Waals surface area (Å²) in [5, 5.41) is 0.375. The Labute approximate surface area is 81.1 Å². The van der Waals surface area contributed by atoms with Gasteiger partial charge < -0.3 is 0 Å². The Kier molecular flexibility index (Phi) is 3.42. The number of hydrogen-bond donors (Lipinski definition) is 0. The smallest absolute Gasteiger partial charge is 0.0478 e. The van der Waals surface area contributed by atoms with E-state index in [1.165, 1.54) is 0 Å². The fraction of sp³-hybridized carbons (Fsp3) is 1.00. The van der Waals surface area contributed by atoms with Crippen LogP contribution in [0.1, 0.15) is 34.1 Å². The number of nitrogens with zero attached hydrogens (tertiary/aromatic N) is 1. The quantitative estimate of drug-likeness (QED) is 0.604. The highest BCUT2D eigenvalue weighted by atomic mass is 35.5. The van der Waals surface area contributed by atoms with E-state index < -0.39 is 0 Å². The fourth-order valence-electron chi connectivity index (χ4n) is 2.08. The first kappa shape index (κ1) is 10.3. The van der Waals surface area contributed by atoms with Crippen LogP contribution in [0.15, 0.2) is 0 Å². The minimum absolute atomic E-state index is 0.375. The van der Waals surface area contributed by atoms with Gasteiger partial charge in [0.15, 0.2) is 0 Å². The first-order valence-corrected chi connectivity index (χ1v) is 5.35. The molecule has 0 saturated carbocycles. The highest BCUT2D eigenvalue weighted by Crippen LogP contribution is 2.28. The molecular formula is C10H20ClN. The lowest BCUT2D eigenvalue weighted by atomic mass is 10.0. The van der Waals surface area contributed by atoms with Gasteiger partial charge in [0, 0.05) is 24.0 Å². The molecule has 0 amide bonds. The zero-order valence-corrected chi connectivity index (χ0v) is 9.30. The topological polar surface area (TPSA) is 3.24 Å². The van der Waals surface area contributed by atoms with Gasteiger partial charge in [-0.3, -0.25) is 4.90 Å². The van der Waals surface area contributed by atoms with E-state index in [0.717, 1.165) is 18.9 Å². The summed E-state index contributed by atoms with van der Waals surface area (Å²) in [6, 6.07) is 1.34. The summed E-state index contributed by atoms with van der Waals surface area (Å²) < 4.78 is 0. The fourth-order valence-corrected chi connectivity index (χ4v) is 2.43. The van der Waals surface area contributed by atoms with Gasteiger partial charge >= 0.3 is 0 Å². The van der Waals surface area contributed by atoms with Gasteiger partial charge in [-0.25, -0.2) is 0 Å². The van der Waals surface area contributed by atoms with Gasteiger partial charge in [-0.1, -0.05) is 13.8 Å². The maximum absolute atomic E-state index is 6.15. The average molecular weight is 190 g/mol. The van der Waals surface area contributed by atoms with Crippen molar-refractivity contribution in [3.8, 4) is 0 Å². The predicted octanol–water partition coefficient (Wildman–Crippen LogP) is 2.73. The lowest BCUT2D eigenvalue weighted by Gasteiger charge is -2.30. The zero-order valence-electron chi connectivity index (χ0n) is 8.55. The Bertz CT molecular complexity index is 129. The third kappa shape index (κ3) is 2.14. The van der Waals surface area contributed by atoms with Crippen molar-refractivity contribution < 1.29 is 0 Å². The minimum atomic E-state index is 0.375. The van der Waals surface area contributed by atoms with Crippen molar-refractivity contribution in [1.82, 2.24) is 4.90 Å². The highest BCUT2D eigenvalue weighted by molar-refractivity contribution is 6.21. The van der Waals surface area contributed by atoms with Crippen molar-refractivity contribution in [3.63, 3.8) is 0 Å². The number of hydrogen-bond acceptors (Lipinski definition) is 1. The lowest BCUT2D eigenvalue weighted by Crippen LogP contribution is -2.38. The number of alkyl halides is 1. The van der Waals surface area contributed by atoms with E-state index in [4.69, 9.17) is 11.6 Å². The third-order valence-corrected chi connectivity index (χ3v) is 3.08. The summed E-state index contributed by atoms with van der Waals surface area (Å²) in [6.45, 7) is 10.2. The molecule has 0 N–H and O–H groups in total. The molecular weight excluding hydrogens is 170 g/mol. The molecule has 2 heteroatoms. The van der Waals surface area contributed by atoms with Gasteiger partial charge in [0.1, 0.15) is 0 Å². The molecule has 1 heterocycles. The molecule has 2 atom stereocenters. The van der Waals surface area contributed by atoms with Crippen LogP contribution in [0.25, 0.3) is 0 Å². The van der Waals surface area contributed by atoms with Crippen molar-refractivity contribution in [2.24, 2.45) is 5.92 Å². The van der Waals surface area contributed by atoms with Gasteiger partial charge in [-0.2, -0.15) is 0 Å². The van der Waals surface area contributed by atoms with Crippen molar-refractivity contribution >= 4 is 11.6 Å². The normalized spacial score (nSPS) is 32.2. The molecule has 0 aliphatic carbocycles. The van der Waals surface area contributed by atoms with Crippen molar-refractivity contribution in [2.75, 3.05) is 6.54 Å². The standard InChI is InChI=1S/C10H20ClN/c1-7(2)10-5-9(11)6-12(10)8(3)4/h7-10H,5-6H2,1-4H3. The Morgan fingerprint density at radius 2 is 1.83 bits per heavy atom. The molecule has 1 fully saturated rings. The minimum Gasteiger partial charge on any atom is -0.296 e. The van der Waals surface area contributed by atoms with Crippen LogP contribution in [-0.4, -0.2) is 28.9 Å². The largest absolute Gasteiger partial charge is 0.296 e. The molecule has 0 aromatic heterocycles. The van der Waals surface area contributed by atoms with Gasteiger partial charge in [-0.05, 0) is 26.2 Å². The van der Waals surface area contributed by atoms with Crippen LogP contribution in [-0.2, 0) is 0 Å². The Balaban J connectivity index is 2.59. The summed E-state index contributed by atoms with van der Waals surface area (Å²) in [6.07, 6.45) is 1.16. The first-order valence-electron chi connectivity index (χ1n) is 4.92. The van der Waals surface area contributed by atoms with E-state index in [1.54, 1.807) is 0 Å². The van der Waals surface area contributed by atoms with Crippen LogP contribution >= 0.6 is 11.6 Å². The number of halogens is 1. The van der Waals surface area contributed by atoms with Gasteiger partial charge in [0.05, 0.1) is 0 Å². The van der Waals surface area contributed by atoms with E-state index in [0.29, 0.717) is 17.5 Å². The van der Waals surface area contributed by atoms with Crippen LogP contribution < -0.4 is 0 Å². The Morgan fingerprint density at radius 3 is 2.17 bits per heavy atom. The van der Waals surface area contributed by atoms with Crippen LogP contribution in [0.4, 0.5) is 0 Å². The second-order valence-corrected chi connectivity index (χ2v) is 5.05. The van der Waals surface area contributed by atoms with Crippen molar-refractivity contribution in [2.45, 2.75) is 51.6 Å². The predicted molar refractivity (Wildman–Crippen MR) is 54.7 cm³/mol. The number of likely N-dealkylation sites (tertiary alicyclic amines) is 1. The van der Waals surface area contributed by atoms with Crippen LogP contribution in [0.2, 0.25) is 0 Å². The van der Waals surface area contributed by atoms with E-state index in [2.05, 4.69) is 32.6 Å². The summed E-state index contributed by atoms with van der Waals surface area (Å²) in [5.74, 6) is 0.733. The maximum Gasteiger partial charge on any atom is 0.0478 e. The SMILES string of the molecule is CC(C)C1CC(Cl)CN1C(C)C. The zero-order chi connectivity index (χ0) is 9.30. The molecule has 1 aliphatic heterocycles. The molecule has 1 aliphatic rings. The van der Waals surface area contributed by atoms with E-state index in [-0.39, 0.29) is 0 Å². The molecule has 0 aromatic rings. The van der Waals surface area contributed by atoms with E-state index >= 15 is 0 Å². The molecule has 1 saturated heterocycles. The lowest BCUT2D eigenvalue weighted by molar-refractivity contribution is 0.166. The first-order chi connectivity index (χ1) is 5.52. The molecule has 12 heavy (non-hydrogen) atoms. The molecule has 2 unspecified atom stereocenters. The summed E-state index contributed by atoms with van der Waals surface area (Å²) >= 11 is 6.15. The Morgan fingerprint density at radius 1 is 1.25 bits per heavy atom. The highest BCUT2D eigenvalue weighted by Gasteiger charge is 2.33. The monoisotopic (exact) mass is 189 g/mol. The molecule has 1 nitrogen and oxygen atoms in total. The van der Waals surface area contributed by atoms with Crippen LogP contribution in [0, 0.1) is 5.92 Å². The van der Waals surface area contributed by atoms with Crippen LogP contribution in [0.5, 0.6) is 0 Å². The van der Waals surface area contributed by atoms with Crippen molar-refractivity contribution in [1.29, 1.82) is 0 Å². The Hall–Kier alpha value is 0.250. The average Bonchev–Trinajstić information content (AvgIpc) is 2.31. The summed E-state index contributed by atoms with van der Waals surface area (Å²) in [4.78, 5) is 2.53. The van der Waals surface area contributed by atoms with Crippen molar-refractivity contribution in [3.05, 3.63) is 0 Å².